The molecule has 0 saturated carbocycles. The lowest BCUT2D eigenvalue weighted by atomic mass is 9.97. The van der Waals surface area contributed by atoms with E-state index in [9.17, 15) is 0 Å². The van der Waals surface area contributed by atoms with Gasteiger partial charge in [-0.25, -0.2) is 0 Å². The molecule has 58 valence electrons. The van der Waals surface area contributed by atoms with Gasteiger partial charge in [-0.3, -0.25) is 0 Å². The largest absolute Gasteiger partial charge is 0.381 e. The molecule has 0 spiro atoms. The molecule has 0 aliphatic carbocycles. The normalized spacial score (nSPS) is 13.7. The Balaban J connectivity index is 2.38. The molecule has 1 nitrogen and oxygen atoms in total. The van der Waals surface area contributed by atoms with Crippen LogP contribution in [0.3, 0.4) is 0 Å². The first kappa shape index (κ1) is 6.71. The van der Waals surface area contributed by atoms with Gasteiger partial charge in [0.15, 0.2) is 0 Å². The van der Waals surface area contributed by atoms with E-state index < -0.39 is 0 Å². The maximum absolute atomic E-state index is 3.28. The molecule has 1 aliphatic heterocycles. The summed E-state index contributed by atoms with van der Waals surface area (Å²) in [5, 5.41) is 3.28. The van der Waals surface area contributed by atoms with Crippen LogP contribution >= 0.6 is 0 Å². The zero-order valence-electron chi connectivity index (χ0n) is 7.02. The molecule has 2 rings (SSSR count). The Morgan fingerprint density at radius 3 is 2.64 bits per heavy atom. The highest BCUT2D eigenvalue weighted by Gasteiger charge is 2.12. The van der Waals surface area contributed by atoms with Crippen molar-refractivity contribution in [2.75, 3.05) is 5.32 Å². The van der Waals surface area contributed by atoms with Gasteiger partial charge in [0, 0.05) is 12.2 Å². The minimum Gasteiger partial charge on any atom is -0.381 e. The summed E-state index contributed by atoms with van der Waals surface area (Å²) in [5.41, 5.74) is 4.21. The smallest absolute Gasteiger partial charge is 0.0421 e. The van der Waals surface area contributed by atoms with Gasteiger partial charge >= 0.3 is 0 Å². The minimum absolute atomic E-state index is 0.641. The van der Waals surface area contributed by atoms with E-state index >= 15 is 0 Å². The van der Waals surface area contributed by atoms with E-state index in [1.807, 2.05) is 0 Å². The first-order chi connectivity index (χ1) is 5.27. The fraction of sp³-hybridized carbons (Fsp3) is 0.400. The van der Waals surface area contributed by atoms with E-state index in [2.05, 4.69) is 37.4 Å². The quantitative estimate of drug-likeness (QED) is 0.644. The maximum atomic E-state index is 3.28. The van der Waals surface area contributed by atoms with Crippen LogP contribution in [0.15, 0.2) is 18.2 Å². The Hall–Kier alpha value is -0.980. The monoisotopic (exact) mass is 147 g/mol. The molecule has 11 heavy (non-hydrogen) atoms. The standard InChI is InChI=1S/C10H13N/c1-7(2)8-3-4-9-6-11-10(9)5-8/h3-5,7,11H,6H2,1-2H3. The molecular weight excluding hydrogens is 134 g/mol. The molecule has 1 aromatic rings. The third-order valence-electron chi connectivity index (χ3n) is 2.27. The van der Waals surface area contributed by atoms with Crippen LogP contribution < -0.4 is 5.32 Å². The van der Waals surface area contributed by atoms with Gasteiger partial charge < -0.3 is 5.32 Å². The third-order valence-corrected chi connectivity index (χ3v) is 2.27. The van der Waals surface area contributed by atoms with E-state index in [0.717, 1.165) is 6.54 Å². The van der Waals surface area contributed by atoms with Gasteiger partial charge in [-0.2, -0.15) is 0 Å². The predicted molar refractivity (Wildman–Crippen MR) is 47.9 cm³/mol. The highest BCUT2D eigenvalue weighted by molar-refractivity contribution is 5.61. The lowest BCUT2D eigenvalue weighted by Gasteiger charge is -2.22. The first-order valence-electron chi connectivity index (χ1n) is 4.14. The van der Waals surface area contributed by atoms with Crippen molar-refractivity contribution in [2.24, 2.45) is 0 Å². The number of benzene rings is 1. The highest BCUT2D eigenvalue weighted by atomic mass is 14.9. The predicted octanol–water partition coefficient (Wildman–Crippen LogP) is 2.74. The molecule has 0 unspecified atom stereocenters. The van der Waals surface area contributed by atoms with Crippen molar-refractivity contribution < 1.29 is 0 Å². The van der Waals surface area contributed by atoms with Crippen molar-refractivity contribution in [2.45, 2.75) is 26.3 Å². The van der Waals surface area contributed by atoms with Crippen molar-refractivity contribution in [3.05, 3.63) is 29.3 Å². The van der Waals surface area contributed by atoms with Gasteiger partial charge in [0.1, 0.15) is 0 Å². The number of fused-ring (bicyclic) bond motifs is 1. The Bertz CT molecular complexity index is 276. The molecule has 1 heteroatoms. The van der Waals surface area contributed by atoms with Crippen molar-refractivity contribution in [1.82, 2.24) is 0 Å². The number of hydrogen-bond acceptors (Lipinski definition) is 1. The average Bonchev–Trinajstić information content (AvgIpc) is 1.91. The van der Waals surface area contributed by atoms with E-state index in [-0.39, 0.29) is 0 Å². The molecule has 0 saturated heterocycles. The second-order valence-electron chi connectivity index (χ2n) is 3.42. The first-order valence-corrected chi connectivity index (χ1v) is 4.14. The van der Waals surface area contributed by atoms with Crippen LogP contribution in [-0.2, 0) is 6.54 Å². The summed E-state index contributed by atoms with van der Waals surface area (Å²) < 4.78 is 0. The van der Waals surface area contributed by atoms with Crippen LogP contribution in [-0.4, -0.2) is 0 Å². The Morgan fingerprint density at radius 1 is 1.36 bits per heavy atom. The van der Waals surface area contributed by atoms with Gasteiger partial charge in [0.2, 0.25) is 0 Å². The lowest BCUT2D eigenvalue weighted by Crippen LogP contribution is -2.13. The van der Waals surface area contributed by atoms with E-state index in [1.54, 1.807) is 0 Å². The zero-order chi connectivity index (χ0) is 7.84. The molecule has 1 N–H and O–H groups in total. The summed E-state index contributed by atoms with van der Waals surface area (Å²) in [6, 6.07) is 6.70. The van der Waals surface area contributed by atoms with Crippen molar-refractivity contribution in [3.63, 3.8) is 0 Å². The second kappa shape index (κ2) is 2.26. The molecule has 0 amide bonds. The van der Waals surface area contributed by atoms with Crippen LogP contribution in [0.25, 0.3) is 0 Å². The average molecular weight is 147 g/mol. The Morgan fingerprint density at radius 2 is 2.18 bits per heavy atom. The molecule has 0 aromatic heterocycles. The van der Waals surface area contributed by atoms with Gasteiger partial charge in [0.05, 0.1) is 0 Å². The maximum Gasteiger partial charge on any atom is 0.0421 e. The van der Waals surface area contributed by atoms with Crippen LogP contribution in [0.1, 0.15) is 30.9 Å². The topological polar surface area (TPSA) is 12.0 Å². The van der Waals surface area contributed by atoms with Crippen LogP contribution in [0, 0.1) is 0 Å². The summed E-state index contributed by atoms with van der Waals surface area (Å²) in [6.07, 6.45) is 0. The fourth-order valence-electron chi connectivity index (χ4n) is 1.36. The molecule has 1 heterocycles. The van der Waals surface area contributed by atoms with Crippen LogP contribution in [0.2, 0.25) is 0 Å². The number of anilines is 1. The molecular formula is C10H13N. The van der Waals surface area contributed by atoms with E-state index in [0.29, 0.717) is 5.92 Å². The molecule has 0 atom stereocenters. The fourth-order valence-corrected chi connectivity index (χ4v) is 1.36. The number of hydrogen-bond donors (Lipinski definition) is 1. The molecule has 1 aromatic carbocycles. The van der Waals surface area contributed by atoms with Crippen LogP contribution in [0.5, 0.6) is 0 Å². The summed E-state index contributed by atoms with van der Waals surface area (Å²) in [6.45, 7) is 5.49. The molecule has 0 fully saturated rings. The summed E-state index contributed by atoms with van der Waals surface area (Å²) in [4.78, 5) is 0. The summed E-state index contributed by atoms with van der Waals surface area (Å²) in [7, 11) is 0. The van der Waals surface area contributed by atoms with Gasteiger partial charge in [0.25, 0.3) is 0 Å². The second-order valence-corrected chi connectivity index (χ2v) is 3.42. The summed E-state index contributed by atoms with van der Waals surface area (Å²) >= 11 is 0. The number of nitrogens with one attached hydrogen (secondary N) is 1. The van der Waals surface area contributed by atoms with Gasteiger partial charge in [-0.15, -0.1) is 0 Å². The Kier molecular flexibility index (Phi) is 1.38. The van der Waals surface area contributed by atoms with E-state index in [1.165, 1.54) is 16.8 Å². The molecule has 0 bridgehead atoms. The van der Waals surface area contributed by atoms with Crippen LogP contribution in [0.4, 0.5) is 5.69 Å². The molecule has 1 aliphatic rings. The minimum atomic E-state index is 0.641. The van der Waals surface area contributed by atoms with Crippen molar-refractivity contribution >= 4 is 5.69 Å². The lowest BCUT2D eigenvalue weighted by molar-refractivity contribution is 0.861. The van der Waals surface area contributed by atoms with E-state index in [4.69, 9.17) is 0 Å². The van der Waals surface area contributed by atoms with Gasteiger partial charge in [-0.05, 0) is 23.1 Å². The zero-order valence-corrected chi connectivity index (χ0v) is 7.02. The highest BCUT2D eigenvalue weighted by Crippen LogP contribution is 2.28. The van der Waals surface area contributed by atoms with Gasteiger partial charge in [-0.1, -0.05) is 26.0 Å². The van der Waals surface area contributed by atoms with Crippen molar-refractivity contribution in [3.8, 4) is 0 Å². The summed E-state index contributed by atoms with van der Waals surface area (Å²) in [5.74, 6) is 0.641. The third kappa shape index (κ3) is 1.01. The van der Waals surface area contributed by atoms with Crippen molar-refractivity contribution in [1.29, 1.82) is 0 Å². The SMILES string of the molecule is CC(C)c1ccc2c(c1)NC2. The number of rotatable bonds is 1. The Labute approximate surface area is 67.4 Å². The molecule has 0 radical (unpaired) electrons.